The van der Waals surface area contributed by atoms with E-state index in [0.717, 1.165) is 0 Å². The van der Waals surface area contributed by atoms with Crippen LogP contribution in [-0.2, 0) is 6.61 Å². The highest BCUT2D eigenvalue weighted by Crippen LogP contribution is 2.32. The first-order valence-corrected chi connectivity index (χ1v) is 6.04. The lowest BCUT2D eigenvalue weighted by molar-refractivity contribution is 0.281. The Hall–Kier alpha value is -2.53. The smallest absolute Gasteiger partial charge is 0.205 e. The number of nitrogens with zero attached hydrogens (tertiary/aromatic N) is 2. The summed E-state index contributed by atoms with van der Waals surface area (Å²) in [6.45, 7) is 6.78. The van der Waals surface area contributed by atoms with Crippen molar-refractivity contribution in [2.45, 2.75) is 6.61 Å². The standard InChI is InChI=1S/C15H9ClN2O2/c1-18-14-4-3-12(7-13(14)16)20-15-5-2-10(9-19)6-11(15)8-17/h2-7,19H,9H2. The van der Waals surface area contributed by atoms with Gasteiger partial charge in [-0.25, -0.2) is 4.85 Å². The van der Waals surface area contributed by atoms with E-state index < -0.39 is 0 Å². The van der Waals surface area contributed by atoms with Gasteiger partial charge in [-0.05, 0) is 29.8 Å². The topological polar surface area (TPSA) is 57.6 Å². The van der Waals surface area contributed by atoms with E-state index in [1.54, 1.807) is 30.3 Å². The summed E-state index contributed by atoms with van der Waals surface area (Å²) < 4.78 is 5.59. The van der Waals surface area contributed by atoms with Crippen LogP contribution in [0, 0.1) is 17.9 Å². The molecule has 2 aromatic carbocycles. The maximum absolute atomic E-state index is 9.08. The van der Waals surface area contributed by atoms with Gasteiger partial charge in [-0.3, -0.25) is 0 Å². The van der Waals surface area contributed by atoms with Crippen molar-refractivity contribution >= 4 is 17.3 Å². The van der Waals surface area contributed by atoms with E-state index >= 15 is 0 Å². The molecular formula is C15H9ClN2O2. The third-order valence-corrected chi connectivity index (χ3v) is 2.92. The lowest BCUT2D eigenvalue weighted by Gasteiger charge is -2.09. The summed E-state index contributed by atoms with van der Waals surface area (Å²) in [5.74, 6) is 0.812. The van der Waals surface area contributed by atoms with Gasteiger partial charge in [-0.1, -0.05) is 23.7 Å². The Balaban J connectivity index is 2.33. The molecule has 0 aliphatic rings. The molecule has 0 atom stereocenters. The fourth-order valence-electron chi connectivity index (χ4n) is 1.62. The van der Waals surface area contributed by atoms with Crippen molar-refractivity contribution in [3.05, 3.63) is 64.0 Å². The van der Waals surface area contributed by atoms with Crippen LogP contribution in [0.4, 0.5) is 5.69 Å². The molecule has 5 heteroatoms. The van der Waals surface area contributed by atoms with Crippen LogP contribution in [0.1, 0.15) is 11.1 Å². The number of benzene rings is 2. The minimum absolute atomic E-state index is 0.138. The normalized spacial score (nSPS) is 9.60. The monoisotopic (exact) mass is 284 g/mol. The number of aliphatic hydroxyl groups excluding tert-OH is 1. The van der Waals surface area contributed by atoms with Crippen LogP contribution < -0.4 is 4.74 Å². The van der Waals surface area contributed by atoms with Gasteiger partial charge in [0.05, 0.1) is 23.8 Å². The number of nitriles is 1. The van der Waals surface area contributed by atoms with Gasteiger partial charge >= 0.3 is 0 Å². The lowest BCUT2D eigenvalue weighted by atomic mass is 10.1. The van der Waals surface area contributed by atoms with Gasteiger partial charge in [0.15, 0.2) is 0 Å². The zero-order valence-electron chi connectivity index (χ0n) is 10.3. The Morgan fingerprint density at radius 3 is 2.70 bits per heavy atom. The zero-order valence-corrected chi connectivity index (χ0v) is 11.1. The molecule has 0 fully saturated rings. The number of ether oxygens (including phenoxy) is 1. The van der Waals surface area contributed by atoms with Crippen LogP contribution in [0.3, 0.4) is 0 Å². The molecule has 0 radical (unpaired) electrons. The summed E-state index contributed by atoms with van der Waals surface area (Å²) in [6, 6.07) is 11.5. The van der Waals surface area contributed by atoms with Gasteiger partial charge in [0, 0.05) is 0 Å². The minimum Gasteiger partial charge on any atom is -0.456 e. The van der Waals surface area contributed by atoms with Crippen molar-refractivity contribution in [2.24, 2.45) is 0 Å². The van der Waals surface area contributed by atoms with E-state index in [1.807, 2.05) is 6.07 Å². The molecule has 0 amide bonds. The van der Waals surface area contributed by atoms with Gasteiger partial charge in [0.2, 0.25) is 5.69 Å². The molecule has 0 spiro atoms. The number of hydrogen-bond donors (Lipinski definition) is 1. The second-order valence-corrected chi connectivity index (χ2v) is 4.33. The highest BCUT2D eigenvalue weighted by molar-refractivity contribution is 6.33. The molecule has 0 bridgehead atoms. The summed E-state index contributed by atoms with van der Waals surface area (Å²) in [5, 5.41) is 18.4. The number of halogens is 1. The van der Waals surface area contributed by atoms with E-state index in [9.17, 15) is 0 Å². The van der Waals surface area contributed by atoms with Crippen LogP contribution in [-0.4, -0.2) is 5.11 Å². The van der Waals surface area contributed by atoms with Crippen molar-refractivity contribution in [2.75, 3.05) is 0 Å². The summed E-state index contributed by atoms with van der Waals surface area (Å²) >= 11 is 5.93. The predicted octanol–water partition coefficient (Wildman–Crippen LogP) is 4.05. The highest BCUT2D eigenvalue weighted by atomic mass is 35.5. The minimum atomic E-state index is -0.138. The van der Waals surface area contributed by atoms with Gasteiger partial charge in [0.25, 0.3) is 0 Å². The Morgan fingerprint density at radius 2 is 2.10 bits per heavy atom. The molecule has 98 valence electrons. The van der Waals surface area contributed by atoms with Crippen LogP contribution in [0.5, 0.6) is 11.5 Å². The van der Waals surface area contributed by atoms with E-state index in [0.29, 0.717) is 33.3 Å². The molecule has 0 unspecified atom stereocenters. The van der Waals surface area contributed by atoms with Crippen molar-refractivity contribution in [3.8, 4) is 17.6 Å². The third-order valence-electron chi connectivity index (χ3n) is 2.61. The van der Waals surface area contributed by atoms with Gasteiger partial charge in [0.1, 0.15) is 17.6 Å². The molecule has 1 N–H and O–H groups in total. The van der Waals surface area contributed by atoms with Gasteiger partial charge in [-0.2, -0.15) is 5.26 Å². The van der Waals surface area contributed by atoms with Crippen LogP contribution in [0.2, 0.25) is 5.02 Å². The summed E-state index contributed by atoms with van der Waals surface area (Å²) in [7, 11) is 0. The van der Waals surface area contributed by atoms with Crippen molar-refractivity contribution < 1.29 is 9.84 Å². The fourth-order valence-corrected chi connectivity index (χ4v) is 1.83. The molecule has 0 aromatic heterocycles. The first kappa shape index (κ1) is 13.9. The Kier molecular flexibility index (Phi) is 4.22. The fraction of sp³-hybridized carbons (Fsp3) is 0.0667. The second kappa shape index (κ2) is 6.08. The Bertz CT molecular complexity index is 730. The maximum Gasteiger partial charge on any atom is 0.205 e. The molecule has 20 heavy (non-hydrogen) atoms. The van der Waals surface area contributed by atoms with Crippen LogP contribution in [0.25, 0.3) is 4.85 Å². The molecule has 2 aromatic rings. The quantitative estimate of drug-likeness (QED) is 0.865. The van der Waals surface area contributed by atoms with E-state index in [-0.39, 0.29) is 6.61 Å². The summed E-state index contributed by atoms with van der Waals surface area (Å²) in [6.07, 6.45) is 0. The molecule has 0 saturated heterocycles. The summed E-state index contributed by atoms with van der Waals surface area (Å²) in [5.41, 5.74) is 1.30. The third kappa shape index (κ3) is 2.89. The van der Waals surface area contributed by atoms with Crippen molar-refractivity contribution in [1.29, 1.82) is 5.26 Å². The highest BCUT2D eigenvalue weighted by Gasteiger charge is 2.08. The Labute approximate surface area is 121 Å². The van der Waals surface area contributed by atoms with E-state index in [4.69, 9.17) is 33.3 Å². The molecular weight excluding hydrogens is 276 g/mol. The molecule has 0 aliphatic carbocycles. The largest absolute Gasteiger partial charge is 0.456 e. The second-order valence-electron chi connectivity index (χ2n) is 3.93. The molecule has 0 aliphatic heterocycles. The number of rotatable bonds is 3. The molecule has 0 heterocycles. The zero-order chi connectivity index (χ0) is 14.5. The predicted molar refractivity (Wildman–Crippen MR) is 74.9 cm³/mol. The lowest BCUT2D eigenvalue weighted by Crippen LogP contribution is -1.91. The maximum atomic E-state index is 9.08. The first-order valence-electron chi connectivity index (χ1n) is 5.66. The van der Waals surface area contributed by atoms with E-state index in [2.05, 4.69) is 4.85 Å². The van der Waals surface area contributed by atoms with Crippen molar-refractivity contribution in [3.63, 3.8) is 0 Å². The molecule has 4 nitrogen and oxygen atoms in total. The van der Waals surface area contributed by atoms with Crippen molar-refractivity contribution in [1.82, 2.24) is 0 Å². The van der Waals surface area contributed by atoms with E-state index in [1.165, 1.54) is 6.07 Å². The average molecular weight is 285 g/mol. The van der Waals surface area contributed by atoms with Gasteiger partial charge < -0.3 is 9.84 Å². The first-order chi connectivity index (χ1) is 9.67. The summed E-state index contributed by atoms with van der Waals surface area (Å²) in [4.78, 5) is 3.26. The number of aliphatic hydroxyl groups is 1. The van der Waals surface area contributed by atoms with Gasteiger partial charge in [-0.15, -0.1) is 0 Å². The molecule has 0 saturated carbocycles. The molecule has 2 rings (SSSR count). The number of hydrogen-bond acceptors (Lipinski definition) is 3. The average Bonchev–Trinajstić information content (AvgIpc) is 2.48. The SMILES string of the molecule is [C-]#[N+]c1ccc(Oc2ccc(CO)cc2C#N)cc1Cl. The van der Waals surface area contributed by atoms with Crippen LogP contribution in [0.15, 0.2) is 36.4 Å². The Morgan fingerprint density at radius 1 is 1.30 bits per heavy atom. The van der Waals surface area contributed by atoms with Crippen LogP contribution >= 0.6 is 11.6 Å².